The minimum Gasteiger partial charge on any atom is -0.481 e. The summed E-state index contributed by atoms with van der Waals surface area (Å²) in [7, 11) is 0. The van der Waals surface area contributed by atoms with Gasteiger partial charge in [-0.05, 0) is 44.8 Å². The molecule has 3 atom stereocenters. The fraction of sp³-hybridized carbons (Fsp3) is 0.600. The van der Waals surface area contributed by atoms with Gasteiger partial charge in [0.2, 0.25) is 0 Å². The second kappa shape index (κ2) is 11.0. The number of carboxylic acids is 1. The zero-order valence-electron chi connectivity index (χ0n) is 14.8. The Labute approximate surface area is 145 Å². The van der Waals surface area contributed by atoms with Crippen molar-refractivity contribution < 1.29 is 19.7 Å². The lowest BCUT2D eigenvalue weighted by atomic mass is 9.84. The van der Waals surface area contributed by atoms with Crippen LogP contribution < -0.4 is 0 Å². The summed E-state index contributed by atoms with van der Waals surface area (Å²) in [6.45, 7) is 4.64. The van der Waals surface area contributed by atoms with Crippen LogP contribution in [0.1, 0.15) is 52.4 Å². The molecular weight excluding hydrogens is 304 g/mol. The van der Waals surface area contributed by atoms with Crippen molar-refractivity contribution in [3.8, 4) is 0 Å². The first-order chi connectivity index (χ1) is 11.6. The number of unbranched alkanes of at least 4 members (excludes halogenated alkanes) is 1. The molecule has 4 heteroatoms. The second-order valence-electron chi connectivity index (χ2n) is 6.13. The molecule has 0 radical (unpaired) electrons. The number of carbonyl (C=O) groups is 1. The van der Waals surface area contributed by atoms with Crippen LogP contribution in [0.4, 0.5) is 0 Å². The first-order valence-corrected chi connectivity index (χ1v) is 8.79. The first-order valence-electron chi connectivity index (χ1n) is 8.79. The maximum atomic E-state index is 10.5. The molecule has 3 unspecified atom stereocenters. The van der Waals surface area contributed by atoms with Crippen molar-refractivity contribution >= 4 is 5.97 Å². The molecule has 0 saturated carbocycles. The minimum absolute atomic E-state index is 0.171. The standard InChI is InChI=1S/C20H30O4/c1-3-5-13-17(12-4-2)20(16-24-20)18(21)14-10-8-6-7-9-11-15-19(22)23/h3,6-7,10,13-14,17-18,21H,4,8-9,11-12,15-16H2,1-2H3,(H,22,23). The Morgan fingerprint density at radius 2 is 2.12 bits per heavy atom. The Balaban J connectivity index is 2.44. The van der Waals surface area contributed by atoms with Gasteiger partial charge in [0.15, 0.2) is 0 Å². The molecule has 134 valence electrons. The number of allylic oxidation sites excluding steroid dienone is 3. The van der Waals surface area contributed by atoms with Gasteiger partial charge in [0, 0.05) is 12.3 Å². The van der Waals surface area contributed by atoms with Gasteiger partial charge in [-0.15, -0.1) is 5.73 Å². The third kappa shape index (κ3) is 6.88. The summed E-state index contributed by atoms with van der Waals surface area (Å²) in [5.74, 6) is -0.584. The molecular formula is C20H30O4. The number of rotatable bonds is 12. The van der Waals surface area contributed by atoms with Crippen LogP contribution in [0.5, 0.6) is 0 Å². The molecule has 0 aromatic heterocycles. The SMILES string of the molecule is CC=C=CC(CCC)C1(C(O)C=CCC=CCCCC(=O)O)CO1. The van der Waals surface area contributed by atoms with Gasteiger partial charge in [0.1, 0.15) is 11.7 Å². The van der Waals surface area contributed by atoms with Gasteiger partial charge in [0.25, 0.3) is 0 Å². The van der Waals surface area contributed by atoms with Crippen molar-refractivity contribution in [2.24, 2.45) is 5.92 Å². The van der Waals surface area contributed by atoms with Crippen LogP contribution >= 0.6 is 0 Å². The summed E-state index contributed by atoms with van der Waals surface area (Å²) in [6.07, 6.45) is 15.3. The van der Waals surface area contributed by atoms with Gasteiger partial charge in [-0.3, -0.25) is 4.79 Å². The van der Waals surface area contributed by atoms with Crippen molar-refractivity contribution in [3.05, 3.63) is 42.2 Å². The molecule has 24 heavy (non-hydrogen) atoms. The van der Waals surface area contributed by atoms with Crippen molar-refractivity contribution in [2.75, 3.05) is 6.61 Å². The van der Waals surface area contributed by atoms with E-state index in [1.54, 1.807) is 6.08 Å². The minimum atomic E-state index is -0.755. The maximum absolute atomic E-state index is 10.5. The highest BCUT2D eigenvalue weighted by Gasteiger charge is 2.54. The molecule has 0 aliphatic carbocycles. The number of hydrogen-bond acceptors (Lipinski definition) is 3. The van der Waals surface area contributed by atoms with E-state index in [-0.39, 0.29) is 12.3 Å². The van der Waals surface area contributed by atoms with Gasteiger partial charge in [-0.2, -0.15) is 0 Å². The van der Waals surface area contributed by atoms with Crippen LogP contribution in [0.2, 0.25) is 0 Å². The van der Waals surface area contributed by atoms with E-state index in [2.05, 4.69) is 12.7 Å². The summed E-state index contributed by atoms with van der Waals surface area (Å²) in [6, 6.07) is 0. The molecule has 1 rings (SSSR count). The van der Waals surface area contributed by atoms with Gasteiger partial charge in [0.05, 0.1) is 6.61 Å². The molecule has 1 saturated heterocycles. The lowest BCUT2D eigenvalue weighted by Gasteiger charge is -2.23. The summed E-state index contributed by atoms with van der Waals surface area (Å²) in [5, 5.41) is 19.0. The van der Waals surface area contributed by atoms with Crippen molar-refractivity contribution in [1.82, 2.24) is 0 Å². The normalized spacial score (nSPS) is 22.3. The third-order valence-corrected chi connectivity index (χ3v) is 4.19. The third-order valence-electron chi connectivity index (χ3n) is 4.19. The van der Waals surface area contributed by atoms with Crippen molar-refractivity contribution in [1.29, 1.82) is 0 Å². The van der Waals surface area contributed by atoms with Crippen LogP contribution in [0.15, 0.2) is 42.2 Å². The fourth-order valence-electron chi connectivity index (χ4n) is 2.71. The number of aliphatic hydroxyl groups excluding tert-OH is 1. The summed E-state index contributed by atoms with van der Waals surface area (Å²) in [4.78, 5) is 10.4. The molecule has 4 nitrogen and oxygen atoms in total. The highest BCUT2D eigenvalue weighted by atomic mass is 16.6. The topological polar surface area (TPSA) is 70.1 Å². The lowest BCUT2D eigenvalue weighted by Crippen LogP contribution is -2.35. The number of aliphatic carboxylic acids is 1. The van der Waals surface area contributed by atoms with E-state index in [1.165, 1.54) is 0 Å². The number of epoxide rings is 1. The number of ether oxygens (including phenoxy) is 1. The average molecular weight is 334 g/mol. The van der Waals surface area contributed by atoms with Crippen LogP contribution in [-0.4, -0.2) is 34.5 Å². The summed E-state index contributed by atoms with van der Waals surface area (Å²) < 4.78 is 5.64. The molecule has 0 spiro atoms. The number of hydrogen-bond donors (Lipinski definition) is 2. The van der Waals surface area contributed by atoms with E-state index in [1.807, 2.05) is 37.3 Å². The predicted octanol–water partition coefficient (Wildman–Crippen LogP) is 4.02. The second-order valence-corrected chi connectivity index (χ2v) is 6.13. The lowest BCUT2D eigenvalue weighted by molar-refractivity contribution is -0.137. The molecule has 0 aromatic carbocycles. The van der Waals surface area contributed by atoms with Gasteiger partial charge < -0.3 is 14.9 Å². The highest BCUT2D eigenvalue weighted by molar-refractivity contribution is 5.66. The zero-order chi connectivity index (χ0) is 17.8. The molecule has 1 heterocycles. The quantitative estimate of drug-likeness (QED) is 0.245. The van der Waals surface area contributed by atoms with E-state index in [4.69, 9.17) is 9.84 Å². The van der Waals surface area contributed by atoms with E-state index in [0.717, 1.165) is 25.7 Å². The number of carboxylic acid groups (broad SMARTS) is 1. The molecule has 0 amide bonds. The van der Waals surface area contributed by atoms with Crippen molar-refractivity contribution in [2.45, 2.75) is 64.1 Å². The van der Waals surface area contributed by atoms with Gasteiger partial charge in [-0.25, -0.2) is 0 Å². The molecule has 2 N–H and O–H groups in total. The van der Waals surface area contributed by atoms with E-state index < -0.39 is 17.7 Å². The Morgan fingerprint density at radius 3 is 2.71 bits per heavy atom. The Bertz CT molecular complexity index is 494. The molecule has 1 aliphatic heterocycles. The highest BCUT2D eigenvalue weighted by Crippen LogP contribution is 2.42. The van der Waals surface area contributed by atoms with Crippen LogP contribution in [0.3, 0.4) is 0 Å². The average Bonchev–Trinajstić information content (AvgIpc) is 3.35. The molecule has 1 aliphatic rings. The van der Waals surface area contributed by atoms with Gasteiger partial charge >= 0.3 is 5.97 Å². The Hall–Kier alpha value is -1.61. The van der Waals surface area contributed by atoms with E-state index in [0.29, 0.717) is 13.0 Å². The van der Waals surface area contributed by atoms with E-state index >= 15 is 0 Å². The van der Waals surface area contributed by atoms with Crippen LogP contribution in [-0.2, 0) is 9.53 Å². The first kappa shape index (κ1) is 20.4. The monoisotopic (exact) mass is 334 g/mol. The summed E-state index contributed by atoms with van der Waals surface area (Å²) >= 11 is 0. The van der Waals surface area contributed by atoms with Gasteiger partial charge in [-0.1, -0.05) is 37.6 Å². The smallest absolute Gasteiger partial charge is 0.303 e. The maximum Gasteiger partial charge on any atom is 0.303 e. The summed E-state index contributed by atoms with van der Waals surface area (Å²) in [5.41, 5.74) is 2.63. The number of aliphatic hydroxyl groups is 1. The molecule has 1 fully saturated rings. The largest absolute Gasteiger partial charge is 0.481 e. The predicted molar refractivity (Wildman–Crippen MR) is 95.8 cm³/mol. The van der Waals surface area contributed by atoms with Crippen LogP contribution in [0.25, 0.3) is 0 Å². The van der Waals surface area contributed by atoms with Crippen molar-refractivity contribution in [3.63, 3.8) is 0 Å². The Kier molecular flexibility index (Phi) is 9.39. The zero-order valence-corrected chi connectivity index (χ0v) is 14.8. The van der Waals surface area contributed by atoms with E-state index in [9.17, 15) is 9.90 Å². The molecule has 0 bridgehead atoms. The Morgan fingerprint density at radius 1 is 1.38 bits per heavy atom. The molecule has 0 aromatic rings. The van der Waals surface area contributed by atoms with Crippen LogP contribution in [0, 0.1) is 5.92 Å². The fourth-order valence-corrected chi connectivity index (χ4v) is 2.71.